The minimum atomic E-state index is -1.03. The molecule has 0 aromatic carbocycles. The molecule has 1 amide bonds. The zero-order valence-corrected chi connectivity index (χ0v) is 9.73. The molecule has 0 aliphatic heterocycles. The second kappa shape index (κ2) is 8.06. The van der Waals surface area contributed by atoms with E-state index in [9.17, 15) is 9.59 Å². The summed E-state index contributed by atoms with van der Waals surface area (Å²) in [5.41, 5.74) is 5.63. The van der Waals surface area contributed by atoms with Crippen LogP contribution < -0.4 is 11.1 Å². The van der Waals surface area contributed by atoms with Crippen LogP contribution in [0.1, 0.15) is 20.3 Å². The fourth-order valence-electron chi connectivity index (χ4n) is 1.15. The molecule has 0 rings (SSSR count). The third-order valence-electron chi connectivity index (χ3n) is 1.83. The highest BCUT2D eigenvalue weighted by Gasteiger charge is 2.13. The van der Waals surface area contributed by atoms with E-state index in [0.29, 0.717) is 12.3 Å². The summed E-state index contributed by atoms with van der Waals surface area (Å²) in [5.74, 6) is -0.889. The molecule has 16 heavy (non-hydrogen) atoms. The third-order valence-corrected chi connectivity index (χ3v) is 1.83. The minimum absolute atomic E-state index is 0.173. The van der Waals surface area contributed by atoms with Crippen LogP contribution in [0, 0.1) is 5.92 Å². The van der Waals surface area contributed by atoms with Crippen molar-refractivity contribution in [3.05, 3.63) is 0 Å². The van der Waals surface area contributed by atoms with Crippen molar-refractivity contribution in [2.75, 3.05) is 19.8 Å². The summed E-state index contributed by atoms with van der Waals surface area (Å²) in [4.78, 5) is 21.5. The van der Waals surface area contributed by atoms with Gasteiger partial charge in [-0.05, 0) is 12.3 Å². The predicted molar refractivity (Wildman–Crippen MR) is 58.9 cm³/mol. The summed E-state index contributed by atoms with van der Waals surface area (Å²) >= 11 is 0. The van der Waals surface area contributed by atoms with Crippen LogP contribution in [0.15, 0.2) is 0 Å². The highest BCUT2D eigenvalue weighted by molar-refractivity contribution is 5.81. The van der Waals surface area contributed by atoms with Gasteiger partial charge >= 0.3 is 5.97 Å². The van der Waals surface area contributed by atoms with Crippen molar-refractivity contribution in [3.63, 3.8) is 0 Å². The Morgan fingerprint density at radius 3 is 2.56 bits per heavy atom. The summed E-state index contributed by atoms with van der Waals surface area (Å²) in [6, 6.07) is -0.514. The molecule has 0 spiro atoms. The molecule has 94 valence electrons. The first-order chi connectivity index (χ1) is 7.43. The second-order valence-corrected chi connectivity index (χ2v) is 3.97. The van der Waals surface area contributed by atoms with Gasteiger partial charge in [-0.3, -0.25) is 4.79 Å². The van der Waals surface area contributed by atoms with Gasteiger partial charge in [0.15, 0.2) is 0 Å². The minimum Gasteiger partial charge on any atom is -0.480 e. The lowest BCUT2D eigenvalue weighted by atomic mass is 10.0. The molecule has 6 heteroatoms. The Balaban J connectivity index is 3.53. The van der Waals surface area contributed by atoms with Gasteiger partial charge in [0.2, 0.25) is 5.91 Å². The maximum atomic E-state index is 11.4. The van der Waals surface area contributed by atoms with Crippen LogP contribution in [0.5, 0.6) is 0 Å². The summed E-state index contributed by atoms with van der Waals surface area (Å²) in [5, 5.41) is 10.9. The van der Waals surface area contributed by atoms with E-state index in [1.807, 2.05) is 13.8 Å². The second-order valence-electron chi connectivity index (χ2n) is 3.97. The topological polar surface area (TPSA) is 102 Å². The molecule has 0 saturated heterocycles. The molecule has 6 nitrogen and oxygen atoms in total. The van der Waals surface area contributed by atoms with Crippen molar-refractivity contribution in [3.8, 4) is 0 Å². The smallest absolute Gasteiger partial charge is 0.329 e. The average Bonchev–Trinajstić information content (AvgIpc) is 2.15. The van der Waals surface area contributed by atoms with Crippen molar-refractivity contribution in [2.45, 2.75) is 26.3 Å². The Morgan fingerprint density at radius 2 is 2.06 bits per heavy atom. The van der Waals surface area contributed by atoms with Gasteiger partial charge in [0, 0.05) is 6.54 Å². The van der Waals surface area contributed by atoms with Crippen LogP contribution in [-0.2, 0) is 14.3 Å². The van der Waals surface area contributed by atoms with Crippen LogP contribution in [0.25, 0.3) is 0 Å². The summed E-state index contributed by atoms with van der Waals surface area (Å²) in [7, 11) is 0. The number of hydrogen-bond donors (Lipinski definition) is 3. The summed E-state index contributed by atoms with van der Waals surface area (Å²) in [6.45, 7) is 4.07. The van der Waals surface area contributed by atoms with Gasteiger partial charge in [-0.2, -0.15) is 0 Å². The van der Waals surface area contributed by atoms with Crippen LogP contribution in [0.3, 0.4) is 0 Å². The Morgan fingerprint density at radius 1 is 1.44 bits per heavy atom. The third kappa shape index (κ3) is 8.19. The molecule has 1 atom stereocenters. The van der Waals surface area contributed by atoms with Gasteiger partial charge < -0.3 is 20.9 Å². The van der Waals surface area contributed by atoms with Gasteiger partial charge in [-0.15, -0.1) is 0 Å². The van der Waals surface area contributed by atoms with Crippen LogP contribution >= 0.6 is 0 Å². The van der Waals surface area contributed by atoms with E-state index in [0.717, 1.165) is 0 Å². The summed E-state index contributed by atoms with van der Waals surface area (Å²) in [6.07, 6.45) is 0.627. The van der Waals surface area contributed by atoms with E-state index in [-0.39, 0.29) is 25.7 Å². The SMILES string of the molecule is CC(C)CC(N)C(=O)NCCOCC(=O)O. The Labute approximate surface area is 95.1 Å². The van der Waals surface area contributed by atoms with E-state index in [2.05, 4.69) is 5.32 Å². The van der Waals surface area contributed by atoms with Crippen LogP contribution in [-0.4, -0.2) is 42.8 Å². The van der Waals surface area contributed by atoms with Crippen molar-refractivity contribution in [1.29, 1.82) is 0 Å². The van der Waals surface area contributed by atoms with E-state index >= 15 is 0 Å². The van der Waals surface area contributed by atoms with Crippen molar-refractivity contribution in [2.24, 2.45) is 11.7 Å². The monoisotopic (exact) mass is 232 g/mol. The van der Waals surface area contributed by atoms with Crippen molar-refractivity contribution >= 4 is 11.9 Å². The summed E-state index contributed by atoms with van der Waals surface area (Å²) < 4.78 is 4.75. The number of carbonyl (C=O) groups excluding carboxylic acids is 1. The van der Waals surface area contributed by atoms with E-state index < -0.39 is 12.0 Å². The molecule has 0 aliphatic carbocycles. The number of ether oxygens (including phenoxy) is 1. The van der Waals surface area contributed by atoms with Crippen LogP contribution in [0.2, 0.25) is 0 Å². The number of carboxylic acids is 1. The van der Waals surface area contributed by atoms with Crippen molar-refractivity contribution in [1.82, 2.24) is 5.32 Å². The van der Waals surface area contributed by atoms with Gasteiger partial charge in [0.25, 0.3) is 0 Å². The number of rotatable bonds is 8. The molecule has 0 fully saturated rings. The first-order valence-corrected chi connectivity index (χ1v) is 5.26. The number of hydrogen-bond acceptors (Lipinski definition) is 4. The number of amides is 1. The molecule has 4 N–H and O–H groups in total. The zero-order chi connectivity index (χ0) is 12.6. The maximum Gasteiger partial charge on any atom is 0.329 e. The standard InChI is InChI=1S/C10H20N2O4/c1-7(2)5-8(11)10(15)12-3-4-16-6-9(13)14/h7-8H,3-6,11H2,1-2H3,(H,12,15)(H,13,14). The Bertz CT molecular complexity index is 231. The lowest BCUT2D eigenvalue weighted by Crippen LogP contribution is -2.42. The van der Waals surface area contributed by atoms with E-state index in [1.165, 1.54) is 0 Å². The zero-order valence-electron chi connectivity index (χ0n) is 9.73. The molecule has 0 heterocycles. The first-order valence-electron chi connectivity index (χ1n) is 5.26. The molecular weight excluding hydrogens is 212 g/mol. The van der Waals surface area contributed by atoms with Gasteiger partial charge in [-0.1, -0.05) is 13.8 Å². The van der Waals surface area contributed by atoms with Crippen LogP contribution in [0.4, 0.5) is 0 Å². The maximum absolute atomic E-state index is 11.4. The number of carbonyl (C=O) groups is 2. The molecule has 0 saturated carbocycles. The fraction of sp³-hybridized carbons (Fsp3) is 0.800. The van der Waals surface area contributed by atoms with Gasteiger partial charge in [0.1, 0.15) is 6.61 Å². The normalized spacial score (nSPS) is 12.5. The molecular formula is C10H20N2O4. The highest BCUT2D eigenvalue weighted by atomic mass is 16.5. The van der Waals surface area contributed by atoms with E-state index in [4.69, 9.17) is 15.6 Å². The van der Waals surface area contributed by atoms with Gasteiger partial charge in [0.05, 0.1) is 12.6 Å². The predicted octanol–water partition coefficient (Wildman–Crippen LogP) is -0.423. The van der Waals surface area contributed by atoms with E-state index in [1.54, 1.807) is 0 Å². The molecule has 0 aromatic rings. The molecule has 0 bridgehead atoms. The average molecular weight is 232 g/mol. The quantitative estimate of drug-likeness (QED) is 0.493. The molecule has 0 radical (unpaired) electrons. The Hall–Kier alpha value is -1.14. The van der Waals surface area contributed by atoms with Gasteiger partial charge in [-0.25, -0.2) is 4.79 Å². The number of carboxylic acid groups (broad SMARTS) is 1. The molecule has 1 unspecified atom stereocenters. The fourth-order valence-corrected chi connectivity index (χ4v) is 1.15. The lowest BCUT2D eigenvalue weighted by Gasteiger charge is -2.13. The first kappa shape index (κ1) is 14.9. The lowest BCUT2D eigenvalue weighted by molar-refractivity contribution is -0.142. The number of nitrogens with one attached hydrogen (secondary N) is 1. The largest absolute Gasteiger partial charge is 0.480 e. The van der Waals surface area contributed by atoms with Crippen molar-refractivity contribution < 1.29 is 19.4 Å². The number of nitrogens with two attached hydrogens (primary N) is 1. The highest BCUT2D eigenvalue weighted by Crippen LogP contribution is 2.02. The molecule has 0 aliphatic rings. The number of aliphatic carboxylic acids is 1. The Kier molecular flexibility index (Phi) is 7.49. The molecule has 0 aromatic heterocycles.